The largest absolute Gasteiger partial charge is 0.486 e. The van der Waals surface area contributed by atoms with Crippen LogP contribution in [0.3, 0.4) is 0 Å². The Morgan fingerprint density at radius 1 is 1.17 bits per heavy atom. The molecule has 0 aliphatic carbocycles. The molecule has 2 heterocycles. The molecule has 3 rings (SSSR count). The van der Waals surface area contributed by atoms with Crippen LogP contribution in [0.2, 0.25) is 0 Å². The highest BCUT2D eigenvalue weighted by molar-refractivity contribution is 5.74. The van der Waals surface area contributed by atoms with E-state index in [4.69, 9.17) is 9.47 Å². The molecule has 24 heavy (non-hydrogen) atoms. The minimum atomic E-state index is -0.270. The zero-order valence-corrected chi connectivity index (χ0v) is 13.9. The Hall–Kier alpha value is -2.77. The van der Waals surface area contributed by atoms with Crippen LogP contribution in [0.5, 0.6) is 11.5 Å². The molecule has 2 N–H and O–H groups in total. The quantitative estimate of drug-likeness (QED) is 0.890. The maximum Gasteiger partial charge on any atom is 0.315 e. The van der Waals surface area contributed by atoms with Crippen molar-refractivity contribution in [3.63, 3.8) is 0 Å². The first kappa shape index (κ1) is 16.1. The van der Waals surface area contributed by atoms with Gasteiger partial charge in [0.05, 0.1) is 12.1 Å². The Morgan fingerprint density at radius 3 is 2.58 bits per heavy atom. The highest BCUT2D eigenvalue weighted by Crippen LogP contribution is 2.32. The van der Waals surface area contributed by atoms with Gasteiger partial charge >= 0.3 is 6.03 Å². The second-order valence-corrected chi connectivity index (χ2v) is 5.76. The normalized spacial score (nSPS) is 15.5. The lowest BCUT2D eigenvalue weighted by molar-refractivity contribution is 0.171. The van der Waals surface area contributed by atoms with E-state index >= 15 is 0 Å². The van der Waals surface area contributed by atoms with Crippen LogP contribution in [-0.4, -0.2) is 34.0 Å². The van der Waals surface area contributed by atoms with Crippen molar-refractivity contribution in [2.75, 3.05) is 13.2 Å². The van der Waals surface area contributed by atoms with E-state index in [1.165, 1.54) is 0 Å². The van der Waals surface area contributed by atoms with E-state index < -0.39 is 0 Å². The smallest absolute Gasteiger partial charge is 0.315 e. The number of hydrogen-bond donors (Lipinski definition) is 2. The van der Waals surface area contributed by atoms with Gasteiger partial charge in [0, 0.05) is 7.05 Å². The van der Waals surface area contributed by atoms with Crippen molar-refractivity contribution in [1.82, 2.24) is 25.4 Å². The van der Waals surface area contributed by atoms with Crippen LogP contribution in [0.25, 0.3) is 0 Å². The van der Waals surface area contributed by atoms with Crippen molar-refractivity contribution in [3.8, 4) is 11.5 Å². The Balaban J connectivity index is 1.61. The first-order valence-electron chi connectivity index (χ1n) is 7.85. The molecule has 0 unspecified atom stereocenters. The molecule has 0 spiro atoms. The topological polar surface area (TPSA) is 90.3 Å². The number of rotatable bonds is 4. The van der Waals surface area contributed by atoms with E-state index in [-0.39, 0.29) is 18.1 Å². The van der Waals surface area contributed by atoms with Crippen molar-refractivity contribution in [2.45, 2.75) is 25.9 Å². The third kappa shape index (κ3) is 3.42. The maximum absolute atomic E-state index is 12.2. The average molecular weight is 331 g/mol. The SMILES string of the molecule is C[C@@H](NC(=O)N[C@H](C)c1nncn1C)c1ccc2c(c1)OCCO2. The fourth-order valence-electron chi connectivity index (χ4n) is 2.60. The highest BCUT2D eigenvalue weighted by atomic mass is 16.6. The van der Waals surface area contributed by atoms with E-state index in [9.17, 15) is 4.79 Å². The van der Waals surface area contributed by atoms with Crippen LogP contribution in [0, 0.1) is 0 Å². The monoisotopic (exact) mass is 331 g/mol. The summed E-state index contributed by atoms with van der Waals surface area (Å²) in [4.78, 5) is 12.2. The zero-order valence-electron chi connectivity index (χ0n) is 13.9. The molecular formula is C16H21N5O3. The molecule has 128 valence electrons. The van der Waals surface area contributed by atoms with E-state index in [1.54, 1.807) is 10.9 Å². The molecule has 1 aromatic heterocycles. The number of nitrogens with one attached hydrogen (secondary N) is 2. The van der Waals surface area contributed by atoms with Crippen LogP contribution in [0.15, 0.2) is 24.5 Å². The number of urea groups is 1. The summed E-state index contributed by atoms with van der Waals surface area (Å²) in [5.74, 6) is 2.13. The molecule has 0 saturated heterocycles. The summed E-state index contributed by atoms with van der Waals surface area (Å²) in [7, 11) is 1.84. The zero-order chi connectivity index (χ0) is 17.1. The Kier molecular flexibility index (Phi) is 4.54. The van der Waals surface area contributed by atoms with Gasteiger partial charge in [-0.25, -0.2) is 4.79 Å². The van der Waals surface area contributed by atoms with Crippen molar-refractivity contribution in [2.24, 2.45) is 7.05 Å². The summed E-state index contributed by atoms with van der Waals surface area (Å²) < 4.78 is 12.9. The molecule has 8 heteroatoms. The van der Waals surface area contributed by atoms with Gasteiger partial charge in [-0.05, 0) is 31.5 Å². The van der Waals surface area contributed by atoms with E-state index in [0.717, 1.165) is 11.3 Å². The van der Waals surface area contributed by atoms with Crippen LogP contribution in [0.1, 0.15) is 37.3 Å². The first-order valence-corrected chi connectivity index (χ1v) is 7.85. The molecule has 2 aromatic rings. The number of aryl methyl sites for hydroxylation is 1. The second kappa shape index (κ2) is 6.77. The van der Waals surface area contributed by atoms with Crippen LogP contribution in [0.4, 0.5) is 4.79 Å². The minimum absolute atomic E-state index is 0.174. The summed E-state index contributed by atoms with van der Waals surface area (Å²) in [6.07, 6.45) is 1.60. The Labute approximate surface area is 140 Å². The summed E-state index contributed by atoms with van der Waals surface area (Å²) in [6, 6.07) is 4.99. The number of benzene rings is 1. The first-order chi connectivity index (χ1) is 11.5. The Morgan fingerprint density at radius 2 is 1.88 bits per heavy atom. The van der Waals surface area contributed by atoms with E-state index in [1.807, 2.05) is 39.1 Å². The standard InChI is InChI=1S/C16H21N5O3/c1-10(12-4-5-13-14(8-12)24-7-6-23-13)18-16(22)19-11(2)15-20-17-9-21(15)3/h4-5,8-11H,6-7H2,1-3H3,(H2,18,19,22)/t10-,11-/m1/s1. The third-order valence-electron chi connectivity index (χ3n) is 3.90. The van der Waals surface area contributed by atoms with Gasteiger partial charge in [-0.3, -0.25) is 0 Å². The minimum Gasteiger partial charge on any atom is -0.486 e. The molecule has 1 aliphatic rings. The second-order valence-electron chi connectivity index (χ2n) is 5.76. The molecule has 0 bridgehead atoms. The molecule has 1 aliphatic heterocycles. The summed E-state index contributed by atoms with van der Waals surface area (Å²) in [5, 5.41) is 13.6. The van der Waals surface area contributed by atoms with Crippen LogP contribution in [-0.2, 0) is 7.05 Å². The van der Waals surface area contributed by atoms with Crippen molar-refractivity contribution in [3.05, 3.63) is 35.9 Å². The predicted molar refractivity (Wildman–Crippen MR) is 86.9 cm³/mol. The number of fused-ring (bicyclic) bond motifs is 1. The van der Waals surface area contributed by atoms with Crippen molar-refractivity contribution >= 4 is 6.03 Å². The predicted octanol–water partition coefficient (Wildman–Crippen LogP) is 1.71. The van der Waals surface area contributed by atoms with Gasteiger partial charge in [0.2, 0.25) is 0 Å². The van der Waals surface area contributed by atoms with Crippen LogP contribution < -0.4 is 20.1 Å². The fourth-order valence-corrected chi connectivity index (χ4v) is 2.60. The number of aromatic nitrogens is 3. The highest BCUT2D eigenvalue weighted by Gasteiger charge is 2.18. The van der Waals surface area contributed by atoms with Crippen molar-refractivity contribution in [1.29, 1.82) is 0 Å². The van der Waals surface area contributed by atoms with Gasteiger partial charge in [-0.15, -0.1) is 10.2 Å². The summed E-state index contributed by atoms with van der Waals surface area (Å²) >= 11 is 0. The molecule has 2 amide bonds. The van der Waals surface area contributed by atoms with Crippen molar-refractivity contribution < 1.29 is 14.3 Å². The number of carbonyl (C=O) groups excluding carboxylic acids is 1. The lowest BCUT2D eigenvalue weighted by Gasteiger charge is -2.21. The molecule has 0 fully saturated rings. The van der Waals surface area contributed by atoms with E-state index in [0.29, 0.717) is 24.8 Å². The Bertz CT molecular complexity index is 730. The molecule has 1 aromatic carbocycles. The van der Waals surface area contributed by atoms with Gasteiger partial charge in [0.15, 0.2) is 17.3 Å². The van der Waals surface area contributed by atoms with E-state index in [2.05, 4.69) is 20.8 Å². The van der Waals surface area contributed by atoms with Gasteiger partial charge in [0.1, 0.15) is 19.5 Å². The average Bonchev–Trinajstić information content (AvgIpc) is 3.00. The number of hydrogen-bond acceptors (Lipinski definition) is 5. The lowest BCUT2D eigenvalue weighted by atomic mass is 10.1. The fraction of sp³-hybridized carbons (Fsp3) is 0.438. The molecule has 0 saturated carbocycles. The van der Waals surface area contributed by atoms with Gasteiger partial charge in [0.25, 0.3) is 0 Å². The number of amides is 2. The molecule has 8 nitrogen and oxygen atoms in total. The molecular weight excluding hydrogens is 310 g/mol. The number of nitrogens with zero attached hydrogens (tertiary/aromatic N) is 3. The summed E-state index contributed by atoms with van der Waals surface area (Å²) in [5.41, 5.74) is 0.945. The summed E-state index contributed by atoms with van der Waals surface area (Å²) in [6.45, 7) is 4.87. The van der Waals surface area contributed by atoms with Crippen LogP contribution >= 0.6 is 0 Å². The lowest BCUT2D eigenvalue weighted by Crippen LogP contribution is -2.39. The van der Waals surface area contributed by atoms with Gasteiger partial charge in [-0.2, -0.15) is 0 Å². The molecule has 2 atom stereocenters. The number of carbonyl (C=O) groups is 1. The number of ether oxygens (including phenoxy) is 2. The third-order valence-corrected chi connectivity index (χ3v) is 3.90. The molecule has 0 radical (unpaired) electrons. The maximum atomic E-state index is 12.2. The van der Waals surface area contributed by atoms with Gasteiger partial charge in [-0.1, -0.05) is 6.07 Å². The van der Waals surface area contributed by atoms with Gasteiger partial charge < -0.3 is 24.7 Å².